The first-order chi connectivity index (χ1) is 3.79. The monoisotopic (exact) mass is 115 g/mol. The normalized spacial score (nSPS) is 39.8. The third kappa shape index (κ3) is 1.43. The smallest absolute Gasteiger partial charge is 0.0682 e. The molecule has 2 atom stereocenters. The minimum absolute atomic E-state index is 0.152. The average Bonchev–Trinajstić information content (AvgIpc) is 1.64. The van der Waals surface area contributed by atoms with Crippen LogP contribution in [0.15, 0.2) is 0 Å². The molecule has 0 unspecified atom stereocenters. The van der Waals surface area contributed by atoms with Crippen LogP contribution in [0, 0.1) is 5.92 Å². The molecule has 4 N–H and O–H groups in total. The van der Waals surface area contributed by atoms with Crippen LogP contribution >= 0.6 is 0 Å². The van der Waals surface area contributed by atoms with E-state index in [1.54, 1.807) is 0 Å². The van der Waals surface area contributed by atoms with Crippen molar-refractivity contribution in [1.29, 1.82) is 0 Å². The lowest BCUT2D eigenvalue weighted by Gasteiger charge is -2.25. The predicted molar refractivity (Wildman–Crippen MR) is 32.9 cm³/mol. The molecule has 1 aliphatic rings. The fourth-order valence-corrected chi connectivity index (χ4v) is 0.940. The van der Waals surface area contributed by atoms with Crippen molar-refractivity contribution < 1.29 is 0 Å². The van der Waals surface area contributed by atoms with Gasteiger partial charge in [-0.25, -0.2) is 5.43 Å². The van der Waals surface area contributed by atoms with Crippen molar-refractivity contribution in [2.45, 2.75) is 19.5 Å². The molecule has 1 heterocycles. The number of rotatable bonds is 0. The van der Waals surface area contributed by atoms with Gasteiger partial charge in [0.25, 0.3) is 0 Å². The first-order valence-electron chi connectivity index (χ1n) is 3.03. The molecule has 1 fully saturated rings. The van der Waals surface area contributed by atoms with Crippen molar-refractivity contribution in [3.8, 4) is 0 Å². The Morgan fingerprint density at radius 2 is 2.38 bits per heavy atom. The van der Waals surface area contributed by atoms with Crippen LogP contribution in [-0.2, 0) is 0 Å². The van der Waals surface area contributed by atoms with E-state index in [0.29, 0.717) is 5.92 Å². The molecule has 3 heteroatoms. The average molecular weight is 115 g/mol. The second-order valence-corrected chi connectivity index (χ2v) is 2.47. The first kappa shape index (κ1) is 6.01. The van der Waals surface area contributed by atoms with Gasteiger partial charge >= 0.3 is 0 Å². The van der Waals surface area contributed by atoms with E-state index in [1.807, 2.05) is 0 Å². The van der Waals surface area contributed by atoms with Crippen LogP contribution in [0.5, 0.6) is 0 Å². The van der Waals surface area contributed by atoms with E-state index in [4.69, 9.17) is 5.73 Å². The summed E-state index contributed by atoms with van der Waals surface area (Å²) in [5, 5.41) is 0. The Kier molecular flexibility index (Phi) is 1.83. The van der Waals surface area contributed by atoms with Crippen LogP contribution in [0.25, 0.3) is 0 Å². The molecule has 0 aromatic carbocycles. The molecular formula is C5H13N3. The van der Waals surface area contributed by atoms with Gasteiger partial charge in [-0.05, 0) is 12.3 Å². The van der Waals surface area contributed by atoms with Gasteiger partial charge in [-0.2, -0.15) is 0 Å². The highest BCUT2D eigenvalue weighted by Crippen LogP contribution is 2.03. The topological polar surface area (TPSA) is 50.1 Å². The van der Waals surface area contributed by atoms with Crippen molar-refractivity contribution >= 4 is 0 Å². The van der Waals surface area contributed by atoms with Crippen LogP contribution in [-0.4, -0.2) is 12.7 Å². The van der Waals surface area contributed by atoms with Gasteiger partial charge < -0.3 is 5.73 Å². The van der Waals surface area contributed by atoms with E-state index in [1.165, 1.54) is 0 Å². The zero-order valence-corrected chi connectivity index (χ0v) is 5.15. The molecule has 0 aromatic heterocycles. The van der Waals surface area contributed by atoms with Crippen LogP contribution in [0.3, 0.4) is 0 Å². The van der Waals surface area contributed by atoms with Crippen molar-refractivity contribution in [2.24, 2.45) is 11.7 Å². The Balaban J connectivity index is 2.23. The van der Waals surface area contributed by atoms with Crippen molar-refractivity contribution in [3.63, 3.8) is 0 Å². The summed E-state index contributed by atoms with van der Waals surface area (Å²) in [4.78, 5) is 0. The number of hydrogen-bond donors (Lipinski definition) is 3. The lowest BCUT2D eigenvalue weighted by molar-refractivity contribution is 0.283. The van der Waals surface area contributed by atoms with Gasteiger partial charge in [-0.15, -0.1) is 0 Å². The minimum atomic E-state index is 0.152. The largest absolute Gasteiger partial charge is 0.315 e. The van der Waals surface area contributed by atoms with Gasteiger partial charge in [-0.3, -0.25) is 5.43 Å². The van der Waals surface area contributed by atoms with Gasteiger partial charge in [0.1, 0.15) is 0 Å². The summed E-state index contributed by atoms with van der Waals surface area (Å²) >= 11 is 0. The van der Waals surface area contributed by atoms with E-state index < -0.39 is 0 Å². The molecule has 0 spiro atoms. The van der Waals surface area contributed by atoms with Crippen LogP contribution in [0.4, 0.5) is 0 Å². The standard InChI is InChI=1S/C5H13N3/c1-4-2-5(6)8-7-3-4/h4-5,7-8H,2-3,6H2,1H3/t4-,5-/m0/s1. The molecule has 3 nitrogen and oxygen atoms in total. The highest BCUT2D eigenvalue weighted by molar-refractivity contribution is 4.68. The van der Waals surface area contributed by atoms with Crippen LogP contribution in [0.2, 0.25) is 0 Å². The Hall–Kier alpha value is -0.120. The summed E-state index contributed by atoms with van der Waals surface area (Å²) in [6.07, 6.45) is 1.23. The van der Waals surface area contributed by atoms with Gasteiger partial charge in [0.2, 0.25) is 0 Å². The zero-order chi connectivity index (χ0) is 5.98. The molecule has 1 rings (SSSR count). The maximum Gasteiger partial charge on any atom is 0.0682 e. The molecule has 0 aliphatic carbocycles. The third-order valence-corrected chi connectivity index (χ3v) is 1.39. The van der Waals surface area contributed by atoms with Gasteiger partial charge in [0.05, 0.1) is 6.17 Å². The van der Waals surface area contributed by atoms with Crippen LogP contribution in [0.1, 0.15) is 13.3 Å². The molecule has 8 heavy (non-hydrogen) atoms. The Morgan fingerprint density at radius 1 is 1.62 bits per heavy atom. The Labute approximate surface area is 49.6 Å². The maximum absolute atomic E-state index is 5.55. The number of nitrogens with one attached hydrogen (secondary N) is 2. The molecule has 0 bridgehead atoms. The summed E-state index contributed by atoms with van der Waals surface area (Å²) < 4.78 is 0. The summed E-state index contributed by atoms with van der Waals surface area (Å²) in [7, 11) is 0. The fraction of sp³-hybridized carbons (Fsp3) is 1.00. The second-order valence-electron chi connectivity index (χ2n) is 2.47. The van der Waals surface area contributed by atoms with Gasteiger partial charge in [0, 0.05) is 6.54 Å². The molecule has 0 aromatic rings. The number of hydrogen-bond acceptors (Lipinski definition) is 3. The second kappa shape index (κ2) is 2.44. The molecule has 0 saturated carbocycles. The highest BCUT2D eigenvalue weighted by atomic mass is 15.4. The quantitative estimate of drug-likeness (QED) is 0.395. The number of nitrogens with two attached hydrogens (primary N) is 1. The lowest BCUT2D eigenvalue weighted by Crippen LogP contribution is -2.53. The SMILES string of the molecule is C[C@@H]1CNN[C@H](N)C1. The molecular weight excluding hydrogens is 102 g/mol. The van der Waals surface area contributed by atoms with E-state index in [9.17, 15) is 0 Å². The zero-order valence-electron chi connectivity index (χ0n) is 5.15. The van der Waals surface area contributed by atoms with Crippen molar-refractivity contribution in [3.05, 3.63) is 0 Å². The van der Waals surface area contributed by atoms with Gasteiger partial charge in [0.15, 0.2) is 0 Å². The minimum Gasteiger partial charge on any atom is -0.315 e. The van der Waals surface area contributed by atoms with E-state index in [0.717, 1.165) is 13.0 Å². The summed E-state index contributed by atoms with van der Waals surface area (Å²) in [5.74, 6) is 0.714. The van der Waals surface area contributed by atoms with Gasteiger partial charge in [-0.1, -0.05) is 6.92 Å². The molecule has 0 amide bonds. The van der Waals surface area contributed by atoms with Crippen LogP contribution < -0.4 is 16.6 Å². The highest BCUT2D eigenvalue weighted by Gasteiger charge is 2.12. The lowest BCUT2D eigenvalue weighted by atomic mass is 10.1. The Bertz CT molecular complexity index is 66.1. The van der Waals surface area contributed by atoms with Crippen molar-refractivity contribution in [1.82, 2.24) is 10.9 Å². The molecule has 48 valence electrons. The predicted octanol–water partition coefficient (Wildman–Crippen LogP) is -0.595. The number of hydrazine groups is 1. The van der Waals surface area contributed by atoms with Crippen molar-refractivity contribution in [2.75, 3.05) is 6.54 Å². The van der Waals surface area contributed by atoms with E-state index in [2.05, 4.69) is 17.8 Å². The summed E-state index contributed by atoms with van der Waals surface area (Å²) in [6.45, 7) is 3.22. The van der Waals surface area contributed by atoms with E-state index in [-0.39, 0.29) is 6.17 Å². The Morgan fingerprint density at radius 3 is 2.75 bits per heavy atom. The fourth-order valence-electron chi connectivity index (χ4n) is 0.940. The summed E-state index contributed by atoms with van der Waals surface area (Å²) in [6, 6.07) is 0. The molecule has 0 radical (unpaired) electrons. The van der Waals surface area contributed by atoms with E-state index >= 15 is 0 Å². The molecule has 1 saturated heterocycles. The summed E-state index contributed by atoms with van der Waals surface area (Å²) in [5.41, 5.74) is 11.5. The molecule has 1 aliphatic heterocycles. The third-order valence-electron chi connectivity index (χ3n) is 1.39. The first-order valence-corrected chi connectivity index (χ1v) is 3.03. The maximum atomic E-state index is 5.55.